The van der Waals surface area contributed by atoms with Crippen LogP contribution in [0.15, 0.2) is 12.7 Å². The minimum absolute atomic E-state index is 0.259. The molecule has 0 aliphatic heterocycles. The van der Waals surface area contributed by atoms with Crippen LogP contribution in [0.3, 0.4) is 0 Å². The van der Waals surface area contributed by atoms with Crippen molar-refractivity contribution in [1.29, 1.82) is 0 Å². The van der Waals surface area contributed by atoms with E-state index in [1.54, 1.807) is 26.8 Å². The van der Waals surface area contributed by atoms with E-state index in [1.165, 1.54) is 11.8 Å². The molecule has 0 atom stereocenters. The summed E-state index contributed by atoms with van der Waals surface area (Å²) in [6, 6.07) is -0.470. The van der Waals surface area contributed by atoms with E-state index in [0.29, 0.717) is 11.8 Å². The lowest BCUT2D eigenvalue weighted by atomic mass is 10.2. The Hall–Kier alpha value is -1.17. The van der Waals surface area contributed by atoms with Gasteiger partial charge in [-0.2, -0.15) is 0 Å². The van der Waals surface area contributed by atoms with Crippen molar-refractivity contribution in [2.75, 3.05) is 12.4 Å². The summed E-state index contributed by atoms with van der Waals surface area (Å²) >= 11 is 1.49. The topological polar surface area (TPSA) is 58.6 Å². The number of carbonyl (C=O) groups is 2. The zero-order valence-corrected chi connectivity index (χ0v) is 15.2. The van der Waals surface area contributed by atoms with Crippen LogP contribution in [0.4, 0.5) is 9.59 Å². The number of hydrogen-bond donors (Lipinski definition) is 1. The number of rotatable bonds is 5. The minimum atomic E-state index is -0.637. The van der Waals surface area contributed by atoms with Crippen LogP contribution in [-0.4, -0.2) is 40.3 Å². The first-order valence-electron chi connectivity index (χ1n) is 7.18. The largest absolute Gasteiger partial charge is 0.443 e. The van der Waals surface area contributed by atoms with Gasteiger partial charge in [0.1, 0.15) is 5.60 Å². The van der Waals surface area contributed by atoms with Gasteiger partial charge in [-0.1, -0.05) is 33.8 Å². The van der Waals surface area contributed by atoms with Crippen molar-refractivity contribution in [1.82, 2.24) is 10.2 Å². The smallest absolute Gasteiger partial charge is 0.419 e. The van der Waals surface area contributed by atoms with Gasteiger partial charge in [-0.3, -0.25) is 0 Å². The van der Waals surface area contributed by atoms with E-state index in [1.807, 2.05) is 27.7 Å². The fourth-order valence-electron chi connectivity index (χ4n) is 0.990. The van der Waals surface area contributed by atoms with Gasteiger partial charge < -0.3 is 10.1 Å². The molecule has 0 spiro atoms. The maximum Gasteiger partial charge on any atom is 0.419 e. The molecule has 0 unspecified atom stereocenters. The molecule has 0 aliphatic rings. The van der Waals surface area contributed by atoms with E-state index >= 15 is 0 Å². The van der Waals surface area contributed by atoms with Crippen molar-refractivity contribution in [2.24, 2.45) is 0 Å². The number of nitrogens with zero attached hydrogens (tertiary/aromatic N) is 1. The molecule has 0 bridgehead atoms. The van der Waals surface area contributed by atoms with E-state index in [-0.39, 0.29) is 5.88 Å². The molecule has 0 radical (unpaired) electrons. The third-order valence-electron chi connectivity index (χ3n) is 1.79. The standard InChI is InChI=1S/C13H24N2O3S.C2H6/c1-7-8-14-11(16)15(9-19-10(2)3)12(17)18-13(4,5)6;1-2/h7,10H,1,8-9H2,2-6H3,(H,14,16);1-2H3. The van der Waals surface area contributed by atoms with E-state index in [2.05, 4.69) is 11.9 Å². The molecule has 0 saturated carbocycles. The Kier molecular flexibility index (Phi) is 12.1. The molecule has 124 valence electrons. The second-order valence-electron chi connectivity index (χ2n) is 5.23. The second-order valence-corrected chi connectivity index (χ2v) is 6.76. The molecule has 0 rings (SSSR count). The molecule has 0 saturated heterocycles. The van der Waals surface area contributed by atoms with Crippen molar-refractivity contribution >= 4 is 23.9 Å². The van der Waals surface area contributed by atoms with Crippen molar-refractivity contribution < 1.29 is 14.3 Å². The van der Waals surface area contributed by atoms with E-state index in [4.69, 9.17) is 4.74 Å². The lowest BCUT2D eigenvalue weighted by Crippen LogP contribution is -2.46. The van der Waals surface area contributed by atoms with Crippen LogP contribution in [0.25, 0.3) is 0 Å². The quantitative estimate of drug-likeness (QED) is 0.608. The average molecular weight is 318 g/mol. The fraction of sp³-hybridized carbons (Fsp3) is 0.733. The van der Waals surface area contributed by atoms with Crippen LogP contribution in [-0.2, 0) is 4.74 Å². The van der Waals surface area contributed by atoms with Crippen molar-refractivity contribution in [3.05, 3.63) is 12.7 Å². The Morgan fingerprint density at radius 3 is 2.24 bits per heavy atom. The summed E-state index contributed by atoms with van der Waals surface area (Å²) in [4.78, 5) is 24.9. The third-order valence-corrected chi connectivity index (χ3v) is 2.87. The van der Waals surface area contributed by atoms with Crippen LogP contribution in [0.5, 0.6) is 0 Å². The van der Waals surface area contributed by atoms with Crippen LogP contribution < -0.4 is 5.32 Å². The summed E-state index contributed by atoms with van der Waals surface area (Å²) in [5.74, 6) is 0.259. The molecule has 0 fully saturated rings. The number of ether oxygens (including phenoxy) is 1. The van der Waals surface area contributed by atoms with Crippen LogP contribution in [0.1, 0.15) is 48.5 Å². The van der Waals surface area contributed by atoms with Gasteiger partial charge in [0.2, 0.25) is 0 Å². The van der Waals surface area contributed by atoms with Gasteiger partial charge in [0.15, 0.2) is 0 Å². The number of hydrogen-bond acceptors (Lipinski definition) is 4. The molecule has 0 aromatic rings. The molecule has 1 N–H and O–H groups in total. The number of amides is 3. The highest BCUT2D eigenvalue weighted by molar-refractivity contribution is 7.99. The van der Waals surface area contributed by atoms with Gasteiger partial charge in [0, 0.05) is 11.8 Å². The molecule has 5 nitrogen and oxygen atoms in total. The molecule has 3 amide bonds. The zero-order valence-electron chi connectivity index (χ0n) is 14.4. The van der Waals surface area contributed by atoms with Crippen molar-refractivity contribution in [3.63, 3.8) is 0 Å². The minimum Gasteiger partial charge on any atom is -0.443 e. The number of thioether (sulfide) groups is 1. The molecule has 6 heteroatoms. The van der Waals surface area contributed by atoms with Gasteiger partial charge in [-0.05, 0) is 20.8 Å². The van der Waals surface area contributed by atoms with Crippen molar-refractivity contribution in [2.45, 2.75) is 59.3 Å². The van der Waals surface area contributed by atoms with E-state index in [9.17, 15) is 9.59 Å². The van der Waals surface area contributed by atoms with Crippen LogP contribution in [0, 0.1) is 0 Å². The number of imide groups is 1. The van der Waals surface area contributed by atoms with Crippen molar-refractivity contribution in [3.8, 4) is 0 Å². The Morgan fingerprint density at radius 2 is 1.86 bits per heavy atom. The lowest BCUT2D eigenvalue weighted by Gasteiger charge is -2.26. The van der Waals surface area contributed by atoms with E-state index in [0.717, 1.165) is 4.90 Å². The average Bonchev–Trinajstić information content (AvgIpc) is 2.36. The van der Waals surface area contributed by atoms with Crippen LogP contribution in [0.2, 0.25) is 0 Å². The normalized spacial score (nSPS) is 10.3. The lowest BCUT2D eigenvalue weighted by molar-refractivity contribution is 0.0351. The number of urea groups is 1. The third kappa shape index (κ3) is 12.3. The zero-order chi connectivity index (χ0) is 17.1. The SMILES string of the molecule is C=CCNC(=O)N(CSC(C)C)C(=O)OC(C)(C)C.CC. The summed E-state index contributed by atoms with van der Waals surface area (Å²) in [5.41, 5.74) is -0.628. The maximum absolute atomic E-state index is 12.0. The summed E-state index contributed by atoms with van der Waals surface area (Å²) in [6.45, 7) is 17.1. The molecular weight excluding hydrogens is 288 g/mol. The molecule has 0 aromatic carbocycles. The molecule has 0 heterocycles. The first kappa shape index (κ1) is 22.1. The maximum atomic E-state index is 12.0. The molecule has 0 aromatic heterocycles. The molecular formula is C15H30N2O3S. The summed E-state index contributed by atoms with van der Waals surface area (Å²) in [6.07, 6.45) is 0.919. The van der Waals surface area contributed by atoms with Crippen LogP contribution >= 0.6 is 11.8 Å². The fourth-order valence-corrected chi connectivity index (χ4v) is 1.66. The molecule has 0 aliphatic carbocycles. The highest BCUT2D eigenvalue weighted by atomic mass is 32.2. The molecule has 21 heavy (non-hydrogen) atoms. The second kappa shape index (κ2) is 11.5. The van der Waals surface area contributed by atoms with E-state index < -0.39 is 17.7 Å². The summed E-state index contributed by atoms with van der Waals surface area (Å²) in [5, 5.41) is 2.89. The Bertz CT molecular complexity index is 325. The monoisotopic (exact) mass is 318 g/mol. The predicted octanol–water partition coefficient (Wildman–Crippen LogP) is 4.24. The highest BCUT2D eigenvalue weighted by Gasteiger charge is 2.27. The number of nitrogens with one attached hydrogen (secondary N) is 1. The van der Waals surface area contributed by atoms with Gasteiger partial charge >= 0.3 is 12.1 Å². The van der Waals surface area contributed by atoms with Gasteiger partial charge in [0.25, 0.3) is 0 Å². The first-order chi connectivity index (χ1) is 9.67. The van der Waals surface area contributed by atoms with Gasteiger partial charge in [-0.25, -0.2) is 14.5 Å². The summed E-state index contributed by atoms with van der Waals surface area (Å²) in [7, 11) is 0. The highest BCUT2D eigenvalue weighted by Crippen LogP contribution is 2.15. The predicted molar refractivity (Wildman–Crippen MR) is 90.6 cm³/mol. The Balaban J connectivity index is 0. The first-order valence-corrected chi connectivity index (χ1v) is 8.23. The van der Waals surface area contributed by atoms with Gasteiger partial charge in [0.05, 0.1) is 5.88 Å². The van der Waals surface area contributed by atoms with Gasteiger partial charge in [-0.15, -0.1) is 18.3 Å². The Labute approximate surface area is 133 Å². The number of carbonyl (C=O) groups excluding carboxylic acids is 2. The Morgan fingerprint density at radius 1 is 1.33 bits per heavy atom. The summed E-state index contributed by atoms with van der Waals surface area (Å²) < 4.78 is 5.22.